The predicted molar refractivity (Wildman–Crippen MR) is 93.7 cm³/mol. The Labute approximate surface area is 142 Å². The molecule has 0 N–H and O–H groups in total. The third kappa shape index (κ3) is 3.54. The zero-order chi connectivity index (χ0) is 16.9. The monoisotopic (exact) mass is 325 g/mol. The molecule has 24 heavy (non-hydrogen) atoms. The third-order valence-electron chi connectivity index (χ3n) is 4.34. The van der Waals surface area contributed by atoms with Gasteiger partial charge in [0, 0.05) is 52.7 Å². The van der Waals surface area contributed by atoms with Gasteiger partial charge in [0.05, 0.1) is 6.20 Å². The molecule has 2 heterocycles. The van der Waals surface area contributed by atoms with Crippen LogP contribution in [0.15, 0.2) is 48.9 Å². The van der Waals surface area contributed by atoms with Crippen molar-refractivity contribution in [2.75, 3.05) is 45.2 Å². The van der Waals surface area contributed by atoms with E-state index in [0.717, 1.165) is 37.6 Å². The van der Waals surface area contributed by atoms with E-state index >= 15 is 0 Å². The van der Waals surface area contributed by atoms with Gasteiger partial charge in [-0.1, -0.05) is 30.3 Å². The fraction of sp³-hybridized carbons (Fsp3) is 0.389. The fourth-order valence-electron chi connectivity index (χ4n) is 3.05. The predicted octanol–water partition coefficient (Wildman–Crippen LogP) is 1.43. The largest absolute Gasteiger partial charge is 0.353 e. The molecule has 1 fully saturated rings. The maximum absolute atomic E-state index is 12.7. The normalized spacial score (nSPS) is 16.7. The van der Waals surface area contributed by atoms with Crippen molar-refractivity contribution in [3.05, 3.63) is 54.5 Å². The number of hydrogen-bond donors (Lipinski definition) is 0. The van der Waals surface area contributed by atoms with Crippen molar-refractivity contribution in [1.82, 2.24) is 19.8 Å². The molecule has 0 bridgehead atoms. The Bertz CT molecular complexity index is 654. The molecule has 1 atom stereocenters. The number of hydrogen-bond acceptors (Lipinski definition) is 5. The second kappa shape index (κ2) is 7.40. The van der Waals surface area contributed by atoms with E-state index in [-0.39, 0.29) is 11.9 Å². The maximum Gasteiger partial charge on any atom is 0.244 e. The minimum Gasteiger partial charge on any atom is -0.353 e. The molecule has 2 aromatic rings. The lowest BCUT2D eigenvalue weighted by Gasteiger charge is -2.39. The molecule has 0 spiro atoms. The van der Waals surface area contributed by atoms with Crippen LogP contribution in [0, 0.1) is 0 Å². The van der Waals surface area contributed by atoms with Gasteiger partial charge in [-0.25, -0.2) is 4.98 Å². The Hall–Kier alpha value is -2.47. The van der Waals surface area contributed by atoms with Crippen molar-refractivity contribution in [2.45, 2.75) is 6.04 Å². The highest BCUT2D eigenvalue weighted by molar-refractivity contribution is 5.83. The van der Waals surface area contributed by atoms with Crippen molar-refractivity contribution >= 4 is 11.7 Å². The molecule has 6 heteroatoms. The molecular formula is C18H23N5O. The highest BCUT2D eigenvalue weighted by Crippen LogP contribution is 2.25. The lowest BCUT2D eigenvalue weighted by Crippen LogP contribution is -2.51. The van der Waals surface area contributed by atoms with E-state index in [2.05, 4.69) is 19.8 Å². The van der Waals surface area contributed by atoms with E-state index in [1.165, 1.54) is 0 Å². The molecule has 6 nitrogen and oxygen atoms in total. The summed E-state index contributed by atoms with van der Waals surface area (Å²) in [5.41, 5.74) is 1.05. The Kier molecular flexibility index (Phi) is 5.05. The molecule has 1 aromatic heterocycles. The van der Waals surface area contributed by atoms with Crippen LogP contribution in [0.4, 0.5) is 5.82 Å². The molecule has 1 saturated heterocycles. The molecule has 0 radical (unpaired) electrons. The third-order valence-corrected chi connectivity index (χ3v) is 4.34. The average molecular weight is 325 g/mol. The molecule has 1 aliphatic rings. The molecule has 3 rings (SSSR count). The van der Waals surface area contributed by atoms with Crippen molar-refractivity contribution in [2.24, 2.45) is 0 Å². The minimum atomic E-state index is -0.231. The number of rotatable bonds is 4. The fourth-order valence-corrected chi connectivity index (χ4v) is 3.05. The van der Waals surface area contributed by atoms with Gasteiger partial charge in [-0.3, -0.25) is 14.7 Å². The lowest BCUT2D eigenvalue weighted by atomic mass is 10.0. The van der Waals surface area contributed by atoms with Gasteiger partial charge in [-0.15, -0.1) is 0 Å². The molecule has 1 amide bonds. The van der Waals surface area contributed by atoms with Crippen molar-refractivity contribution in [3.8, 4) is 0 Å². The Morgan fingerprint density at radius 2 is 1.79 bits per heavy atom. The molecule has 126 valence electrons. The van der Waals surface area contributed by atoms with Crippen LogP contribution in [-0.4, -0.2) is 65.9 Å². The molecule has 0 aliphatic carbocycles. The van der Waals surface area contributed by atoms with Crippen LogP contribution in [-0.2, 0) is 4.79 Å². The first-order valence-corrected chi connectivity index (χ1v) is 8.18. The maximum atomic E-state index is 12.7. The number of amides is 1. The van der Waals surface area contributed by atoms with Crippen LogP contribution < -0.4 is 4.90 Å². The van der Waals surface area contributed by atoms with Gasteiger partial charge in [-0.05, 0) is 5.56 Å². The number of carbonyl (C=O) groups excluding carboxylic acids is 1. The van der Waals surface area contributed by atoms with Crippen molar-refractivity contribution in [1.29, 1.82) is 0 Å². The Morgan fingerprint density at radius 1 is 1.08 bits per heavy atom. The zero-order valence-electron chi connectivity index (χ0n) is 14.2. The van der Waals surface area contributed by atoms with Gasteiger partial charge in [0.15, 0.2) is 0 Å². The number of benzene rings is 1. The number of aromatic nitrogens is 2. The highest BCUT2D eigenvalue weighted by Gasteiger charge is 2.31. The summed E-state index contributed by atoms with van der Waals surface area (Å²) in [6.45, 7) is 3.30. The van der Waals surface area contributed by atoms with E-state index in [1.807, 2.05) is 44.4 Å². The SMILES string of the molecule is CN(C)C(=O)C(c1ccccc1)N1CCN(c2cnccn2)CC1. The quantitative estimate of drug-likeness (QED) is 0.851. The number of carbonyl (C=O) groups is 1. The van der Waals surface area contributed by atoms with E-state index in [9.17, 15) is 4.79 Å². The van der Waals surface area contributed by atoms with Crippen LogP contribution in [0.3, 0.4) is 0 Å². The number of anilines is 1. The minimum absolute atomic E-state index is 0.120. The molecule has 1 aliphatic heterocycles. The van der Waals surface area contributed by atoms with Gasteiger partial charge in [0.2, 0.25) is 5.91 Å². The van der Waals surface area contributed by atoms with Crippen molar-refractivity contribution in [3.63, 3.8) is 0 Å². The molecule has 1 aromatic carbocycles. The standard InChI is InChI=1S/C18H23N5O/c1-21(2)18(24)17(15-6-4-3-5-7-15)23-12-10-22(11-13-23)16-14-19-8-9-20-16/h3-9,14,17H,10-13H2,1-2H3. The van der Waals surface area contributed by atoms with Gasteiger partial charge >= 0.3 is 0 Å². The highest BCUT2D eigenvalue weighted by atomic mass is 16.2. The van der Waals surface area contributed by atoms with Gasteiger partial charge < -0.3 is 9.80 Å². The average Bonchev–Trinajstić information content (AvgIpc) is 2.64. The molecule has 0 saturated carbocycles. The van der Waals surface area contributed by atoms with E-state index in [0.29, 0.717) is 0 Å². The first kappa shape index (κ1) is 16.4. The van der Waals surface area contributed by atoms with Crippen molar-refractivity contribution < 1.29 is 4.79 Å². The number of likely N-dealkylation sites (N-methyl/N-ethyl adjacent to an activating group) is 1. The van der Waals surface area contributed by atoms with Crippen LogP contribution in [0.1, 0.15) is 11.6 Å². The summed E-state index contributed by atoms with van der Waals surface area (Å²) in [7, 11) is 3.63. The zero-order valence-corrected chi connectivity index (χ0v) is 14.2. The Balaban J connectivity index is 1.75. The number of nitrogens with zero attached hydrogens (tertiary/aromatic N) is 5. The van der Waals surface area contributed by atoms with Crippen LogP contribution in [0.5, 0.6) is 0 Å². The molecular weight excluding hydrogens is 302 g/mol. The first-order chi connectivity index (χ1) is 11.7. The van der Waals surface area contributed by atoms with Gasteiger partial charge in [-0.2, -0.15) is 0 Å². The van der Waals surface area contributed by atoms with Crippen LogP contribution in [0.25, 0.3) is 0 Å². The summed E-state index contributed by atoms with van der Waals surface area (Å²) in [4.78, 5) is 27.4. The topological polar surface area (TPSA) is 52.6 Å². The first-order valence-electron chi connectivity index (χ1n) is 8.18. The van der Waals surface area contributed by atoms with Gasteiger partial charge in [0.1, 0.15) is 11.9 Å². The lowest BCUT2D eigenvalue weighted by molar-refractivity contribution is -0.134. The second-order valence-electron chi connectivity index (χ2n) is 6.13. The summed E-state index contributed by atoms with van der Waals surface area (Å²) in [6, 6.07) is 9.78. The summed E-state index contributed by atoms with van der Waals surface area (Å²) in [5.74, 6) is 1.02. The summed E-state index contributed by atoms with van der Waals surface area (Å²) in [5, 5.41) is 0. The van der Waals surface area contributed by atoms with Crippen LogP contribution >= 0.6 is 0 Å². The Morgan fingerprint density at radius 3 is 2.38 bits per heavy atom. The van der Waals surface area contributed by atoms with E-state index in [4.69, 9.17) is 0 Å². The summed E-state index contributed by atoms with van der Waals surface area (Å²) >= 11 is 0. The molecule has 1 unspecified atom stereocenters. The van der Waals surface area contributed by atoms with Crippen LogP contribution in [0.2, 0.25) is 0 Å². The summed E-state index contributed by atoms with van der Waals surface area (Å²) in [6.07, 6.45) is 5.18. The second-order valence-corrected chi connectivity index (χ2v) is 6.13. The van der Waals surface area contributed by atoms with E-state index in [1.54, 1.807) is 23.5 Å². The smallest absolute Gasteiger partial charge is 0.244 e. The summed E-state index contributed by atoms with van der Waals surface area (Å²) < 4.78 is 0. The van der Waals surface area contributed by atoms with E-state index < -0.39 is 0 Å². The number of piperazine rings is 1. The van der Waals surface area contributed by atoms with Gasteiger partial charge in [0.25, 0.3) is 0 Å².